The van der Waals surface area contributed by atoms with Crippen LogP contribution in [0, 0.1) is 19.3 Å². The Bertz CT molecular complexity index is 887. The van der Waals surface area contributed by atoms with Crippen LogP contribution in [0.25, 0.3) is 0 Å². The van der Waals surface area contributed by atoms with Gasteiger partial charge in [0.1, 0.15) is 0 Å². The highest BCUT2D eigenvalue weighted by Crippen LogP contribution is 2.40. The average molecular weight is 457 g/mol. The molecule has 0 amide bonds. The molecule has 2 fully saturated rings. The number of hydrogen-bond donors (Lipinski definition) is 1. The quantitative estimate of drug-likeness (QED) is 0.744. The molecule has 4 rings (SSSR count). The van der Waals surface area contributed by atoms with E-state index in [0.717, 1.165) is 31.1 Å². The van der Waals surface area contributed by atoms with Crippen LogP contribution in [0.1, 0.15) is 34.7 Å². The minimum absolute atomic E-state index is 0.442. The molecule has 4 heterocycles. The minimum atomic E-state index is -5.08. The van der Waals surface area contributed by atoms with E-state index in [1.165, 1.54) is 42.1 Å². The number of rotatable bonds is 3. The lowest BCUT2D eigenvalue weighted by Gasteiger charge is -2.41. The van der Waals surface area contributed by atoms with E-state index in [4.69, 9.17) is 9.90 Å². The number of thiophene rings is 1. The van der Waals surface area contributed by atoms with Gasteiger partial charge in [0.2, 0.25) is 0 Å². The Balaban J connectivity index is 0.000000339. The predicted molar refractivity (Wildman–Crippen MR) is 113 cm³/mol. The third kappa shape index (κ3) is 6.39. The smallest absolute Gasteiger partial charge is 0.475 e. The van der Waals surface area contributed by atoms with Gasteiger partial charge in [-0.15, -0.1) is 16.4 Å². The van der Waals surface area contributed by atoms with Gasteiger partial charge in [-0.2, -0.15) is 18.3 Å². The molecule has 1 N–H and O–H groups in total. The maximum absolute atomic E-state index is 10.6. The van der Waals surface area contributed by atoms with Gasteiger partial charge in [-0.3, -0.25) is 4.90 Å². The van der Waals surface area contributed by atoms with Crippen LogP contribution in [0.4, 0.5) is 19.0 Å². The van der Waals surface area contributed by atoms with E-state index >= 15 is 0 Å². The Morgan fingerprint density at radius 1 is 1.13 bits per heavy atom. The highest BCUT2D eigenvalue weighted by Gasteiger charge is 2.41. The maximum Gasteiger partial charge on any atom is 0.490 e. The van der Waals surface area contributed by atoms with Crippen molar-refractivity contribution in [1.29, 1.82) is 0 Å². The standard InChI is InChI=1S/C19H26N4S.C2HF3O2/c1-15-4-7-18(21-20-15)23-10-3-8-19(14-23)9-11-22(13-19)12-17-6-5-16(2)24-17;3-2(4,5)1(6)7/h4-7H,3,8-14H2,1-2H3;(H,6,7). The summed E-state index contributed by atoms with van der Waals surface area (Å²) in [5.41, 5.74) is 1.43. The van der Waals surface area contributed by atoms with Crippen molar-refractivity contribution in [3.8, 4) is 0 Å². The van der Waals surface area contributed by atoms with Crippen LogP contribution in [0.3, 0.4) is 0 Å². The van der Waals surface area contributed by atoms with Crippen LogP contribution in [0.15, 0.2) is 24.3 Å². The SMILES string of the molecule is Cc1ccc(N2CCCC3(CCN(Cc4ccc(C)s4)C3)C2)nn1.O=C(O)C(F)(F)F. The van der Waals surface area contributed by atoms with Gasteiger partial charge < -0.3 is 10.0 Å². The molecule has 1 spiro atoms. The molecule has 2 aliphatic heterocycles. The second-order valence-electron chi connectivity index (χ2n) is 8.33. The fourth-order valence-corrected chi connectivity index (χ4v) is 5.18. The van der Waals surface area contributed by atoms with Gasteiger partial charge in [0.05, 0.1) is 5.69 Å². The summed E-state index contributed by atoms with van der Waals surface area (Å²) in [6.45, 7) is 10.00. The molecule has 6 nitrogen and oxygen atoms in total. The summed E-state index contributed by atoms with van der Waals surface area (Å²) in [6.07, 6.45) is -1.16. The molecular weight excluding hydrogens is 429 g/mol. The van der Waals surface area contributed by atoms with Gasteiger partial charge in [0, 0.05) is 41.3 Å². The van der Waals surface area contributed by atoms with Crippen LogP contribution in [0.2, 0.25) is 0 Å². The van der Waals surface area contributed by atoms with Gasteiger partial charge in [-0.1, -0.05) is 0 Å². The third-order valence-corrected chi connectivity index (χ3v) is 6.69. The second kappa shape index (κ2) is 9.52. The summed E-state index contributed by atoms with van der Waals surface area (Å²) in [5, 5.41) is 15.8. The van der Waals surface area contributed by atoms with Gasteiger partial charge in [-0.05, 0) is 63.9 Å². The number of likely N-dealkylation sites (tertiary alicyclic amines) is 1. The normalized spacial score (nSPS) is 21.8. The number of carbonyl (C=O) groups is 1. The van der Waals surface area contributed by atoms with E-state index in [0.29, 0.717) is 5.41 Å². The first-order valence-electron chi connectivity index (χ1n) is 10.2. The Kier molecular flexibility index (Phi) is 7.20. The molecule has 2 aliphatic rings. The van der Waals surface area contributed by atoms with Crippen molar-refractivity contribution >= 4 is 23.1 Å². The van der Waals surface area contributed by atoms with Crippen molar-refractivity contribution < 1.29 is 23.1 Å². The van der Waals surface area contributed by atoms with E-state index < -0.39 is 12.1 Å². The summed E-state index contributed by atoms with van der Waals surface area (Å²) in [5.74, 6) is -1.71. The lowest BCUT2D eigenvalue weighted by atomic mass is 9.79. The summed E-state index contributed by atoms with van der Waals surface area (Å²) in [7, 11) is 0. The first kappa shape index (κ1) is 23.5. The molecule has 10 heteroatoms. The number of anilines is 1. The number of aliphatic carboxylic acids is 1. The minimum Gasteiger partial charge on any atom is -0.475 e. The Morgan fingerprint density at radius 3 is 2.45 bits per heavy atom. The first-order chi connectivity index (χ1) is 14.6. The third-order valence-electron chi connectivity index (χ3n) is 5.70. The van der Waals surface area contributed by atoms with E-state index in [2.05, 4.69) is 51.2 Å². The number of carboxylic acid groups (broad SMARTS) is 1. The Hall–Kier alpha value is -2.20. The van der Waals surface area contributed by atoms with Crippen molar-refractivity contribution in [1.82, 2.24) is 15.1 Å². The molecule has 31 heavy (non-hydrogen) atoms. The van der Waals surface area contributed by atoms with Crippen molar-refractivity contribution in [2.45, 2.75) is 45.8 Å². The first-order valence-corrected chi connectivity index (χ1v) is 11.0. The lowest BCUT2D eigenvalue weighted by Crippen LogP contribution is -2.45. The van der Waals surface area contributed by atoms with Crippen molar-refractivity contribution in [3.05, 3.63) is 39.7 Å². The van der Waals surface area contributed by atoms with Gasteiger partial charge in [0.25, 0.3) is 0 Å². The molecule has 1 unspecified atom stereocenters. The summed E-state index contributed by atoms with van der Waals surface area (Å²) < 4.78 is 31.7. The van der Waals surface area contributed by atoms with E-state index in [9.17, 15) is 13.2 Å². The Morgan fingerprint density at radius 2 is 1.87 bits per heavy atom. The lowest BCUT2D eigenvalue weighted by molar-refractivity contribution is -0.192. The zero-order valence-corrected chi connectivity index (χ0v) is 18.5. The molecular formula is C21H27F3N4O2S. The number of alkyl halides is 3. The van der Waals surface area contributed by atoms with Crippen LogP contribution in [-0.2, 0) is 11.3 Å². The number of halogens is 3. The van der Waals surface area contributed by atoms with Crippen molar-refractivity contribution in [2.24, 2.45) is 5.41 Å². The Labute approximate surface area is 183 Å². The molecule has 170 valence electrons. The fraction of sp³-hybridized carbons (Fsp3) is 0.571. The molecule has 2 saturated heterocycles. The molecule has 2 aromatic rings. The number of aromatic nitrogens is 2. The highest BCUT2D eigenvalue weighted by atomic mass is 32.1. The summed E-state index contributed by atoms with van der Waals surface area (Å²) in [4.78, 5) is 16.9. The second-order valence-corrected chi connectivity index (χ2v) is 9.71. The number of carboxylic acids is 1. The van der Waals surface area contributed by atoms with Gasteiger partial charge in [0.15, 0.2) is 5.82 Å². The highest BCUT2D eigenvalue weighted by molar-refractivity contribution is 7.11. The van der Waals surface area contributed by atoms with E-state index in [1.807, 2.05) is 18.3 Å². The molecule has 0 bridgehead atoms. The van der Waals surface area contributed by atoms with Crippen LogP contribution in [0.5, 0.6) is 0 Å². The largest absolute Gasteiger partial charge is 0.490 e. The van der Waals surface area contributed by atoms with Crippen LogP contribution in [-0.4, -0.2) is 58.5 Å². The summed E-state index contributed by atoms with van der Waals surface area (Å²) >= 11 is 1.94. The topological polar surface area (TPSA) is 69.6 Å². The number of hydrogen-bond acceptors (Lipinski definition) is 6. The van der Waals surface area contributed by atoms with Gasteiger partial charge in [-0.25, -0.2) is 4.79 Å². The average Bonchev–Trinajstić information content (AvgIpc) is 3.28. The van der Waals surface area contributed by atoms with Crippen LogP contribution >= 0.6 is 11.3 Å². The van der Waals surface area contributed by atoms with Crippen molar-refractivity contribution in [2.75, 3.05) is 31.1 Å². The predicted octanol–water partition coefficient (Wildman–Crippen LogP) is 4.28. The zero-order valence-electron chi connectivity index (χ0n) is 17.7. The van der Waals surface area contributed by atoms with Crippen LogP contribution < -0.4 is 4.90 Å². The molecule has 0 saturated carbocycles. The van der Waals surface area contributed by atoms with Gasteiger partial charge >= 0.3 is 12.1 Å². The summed E-state index contributed by atoms with van der Waals surface area (Å²) in [6, 6.07) is 8.73. The molecule has 0 aliphatic carbocycles. The number of aryl methyl sites for hydroxylation is 2. The maximum atomic E-state index is 10.6. The molecule has 1 atom stereocenters. The molecule has 2 aromatic heterocycles. The monoisotopic (exact) mass is 456 g/mol. The van der Waals surface area contributed by atoms with Crippen molar-refractivity contribution in [3.63, 3.8) is 0 Å². The van der Waals surface area contributed by atoms with E-state index in [-0.39, 0.29) is 0 Å². The zero-order chi connectivity index (χ0) is 22.6. The number of piperidine rings is 1. The van der Waals surface area contributed by atoms with E-state index in [1.54, 1.807) is 0 Å². The molecule has 0 radical (unpaired) electrons. The molecule has 0 aromatic carbocycles. The number of nitrogens with zero attached hydrogens (tertiary/aromatic N) is 4. The fourth-order valence-electron chi connectivity index (χ4n) is 4.25.